The number of nitrogens with one attached hydrogen (secondary N) is 1. The highest BCUT2D eigenvalue weighted by Crippen LogP contribution is 2.45. The number of anilines is 1. The molecule has 1 fully saturated rings. The van der Waals surface area contributed by atoms with Gasteiger partial charge in [0, 0.05) is 27.8 Å². The molecular formula is C25H27Cl2N3OS. The Kier molecular flexibility index (Phi) is 6.36. The van der Waals surface area contributed by atoms with Gasteiger partial charge < -0.3 is 10.2 Å². The number of carbonyl (C=O) groups excluding carboxylic acids is 1. The molecule has 0 aromatic heterocycles. The number of amides is 1. The molecule has 0 radical (unpaired) electrons. The van der Waals surface area contributed by atoms with Crippen molar-refractivity contribution in [1.29, 1.82) is 0 Å². The molecule has 2 heterocycles. The van der Waals surface area contributed by atoms with E-state index in [-0.39, 0.29) is 11.4 Å². The topological polar surface area (TPSA) is 44.7 Å². The first-order chi connectivity index (χ1) is 15.1. The van der Waals surface area contributed by atoms with Crippen LogP contribution >= 0.6 is 35.0 Å². The lowest BCUT2D eigenvalue weighted by Crippen LogP contribution is -2.48. The number of rotatable bonds is 3. The molecule has 0 bridgehead atoms. The van der Waals surface area contributed by atoms with Crippen LogP contribution in [0.3, 0.4) is 0 Å². The zero-order valence-corrected chi connectivity index (χ0v) is 21.3. The zero-order valence-electron chi connectivity index (χ0n) is 18.9. The summed E-state index contributed by atoms with van der Waals surface area (Å²) in [5.41, 5.74) is 5.01. The summed E-state index contributed by atoms with van der Waals surface area (Å²) in [5.74, 6) is 0.233. The second-order valence-electron chi connectivity index (χ2n) is 8.96. The Morgan fingerprint density at radius 1 is 1.28 bits per heavy atom. The third-order valence-corrected chi connectivity index (χ3v) is 7.87. The summed E-state index contributed by atoms with van der Waals surface area (Å²) >= 11 is 14.2. The van der Waals surface area contributed by atoms with Gasteiger partial charge in [0.1, 0.15) is 0 Å². The Morgan fingerprint density at radius 3 is 2.75 bits per heavy atom. The lowest BCUT2D eigenvalue weighted by atomic mass is 9.79. The van der Waals surface area contributed by atoms with Crippen molar-refractivity contribution >= 4 is 63.5 Å². The normalized spacial score (nSPS) is 22.4. The molecule has 1 amide bonds. The minimum absolute atomic E-state index is 0.0789. The van der Waals surface area contributed by atoms with Crippen molar-refractivity contribution in [1.82, 2.24) is 5.32 Å². The van der Waals surface area contributed by atoms with Crippen LogP contribution in [0.4, 0.5) is 11.4 Å². The molecular weight excluding hydrogens is 461 g/mol. The SMILES string of the molecule is CCN1c2cc(Cl)c(/C=C3/SC(=Nc4cccc(Cl)c4C)NC3=O)cc2C(C)CC1(C)C. The van der Waals surface area contributed by atoms with E-state index >= 15 is 0 Å². The van der Waals surface area contributed by atoms with E-state index in [0.29, 0.717) is 26.0 Å². The maximum Gasteiger partial charge on any atom is 0.264 e. The zero-order chi connectivity index (χ0) is 23.2. The highest BCUT2D eigenvalue weighted by atomic mass is 35.5. The van der Waals surface area contributed by atoms with Crippen LogP contribution < -0.4 is 10.2 Å². The monoisotopic (exact) mass is 487 g/mol. The fraction of sp³-hybridized carbons (Fsp3) is 0.360. The van der Waals surface area contributed by atoms with Crippen LogP contribution in [0.1, 0.15) is 56.7 Å². The molecule has 0 aliphatic carbocycles. The standard InChI is InChI=1S/C25H27Cl2N3OS/c1-6-30-21-12-19(27)16(10-17(21)14(2)13-25(30,4)5)11-22-23(31)29-24(32-22)28-20-9-7-8-18(26)15(20)3/h7-12,14H,6,13H2,1-5H3,(H,28,29,31)/b22-11+. The Bertz CT molecular complexity index is 1160. The van der Waals surface area contributed by atoms with E-state index < -0.39 is 0 Å². The molecule has 2 aromatic carbocycles. The number of fused-ring (bicyclic) bond motifs is 1. The van der Waals surface area contributed by atoms with Gasteiger partial charge in [0.2, 0.25) is 0 Å². The highest BCUT2D eigenvalue weighted by Gasteiger charge is 2.36. The molecule has 1 atom stereocenters. The summed E-state index contributed by atoms with van der Waals surface area (Å²) in [6, 6.07) is 9.74. The van der Waals surface area contributed by atoms with Crippen molar-refractivity contribution in [3.8, 4) is 0 Å². The third-order valence-electron chi connectivity index (χ3n) is 6.22. The van der Waals surface area contributed by atoms with E-state index in [1.54, 1.807) is 0 Å². The molecule has 0 saturated carbocycles. The van der Waals surface area contributed by atoms with Gasteiger partial charge in [0.15, 0.2) is 5.17 Å². The van der Waals surface area contributed by atoms with Gasteiger partial charge in [-0.2, -0.15) is 0 Å². The van der Waals surface area contributed by atoms with Crippen LogP contribution in [-0.4, -0.2) is 23.2 Å². The molecule has 168 valence electrons. The van der Waals surface area contributed by atoms with Gasteiger partial charge in [-0.1, -0.05) is 36.2 Å². The lowest BCUT2D eigenvalue weighted by Gasteiger charge is -2.47. The van der Waals surface area contributed by atoms with Gasteiger partial charge >= 0.3 is 0 Å². The maximum absolute atomic E-state index is 12.6. The molecule has 0 spiro atoms. The molecule has 2 aliphatic heterocycles. The Balaban J connectivity index is 1.68. The number of halogens is 2. The average molecular weight is 488 g/mol. The highest BCUT2D eigenvalue weighted by molar-refractivity contribution is 8.18. The number of amidine groups is 1. The quantitative estimate of drug-likeness (QED) is 0.461. The van der Waals surface area contributed by atoms with Crippen LogP contribution in [-0.2, 0) is 4.79 Å². The fourth-order valence-electron chi connectivity index (χ4n) is 4.68. The molecule has 7 heteroatoms. The molecule has 1 unspecified atom stereocenters. The van der Waals surface area contributed by atoms with Gasteiger partial charge in [0.05, 0.1) is 10.6 Å². The molecule has 4 rings (SSSR count). The number of aliphatic imine (C=N–C) groups is 1. The number of thioether (sulfide) groups is 1. The van der Waals surface area contributed by atoms with Gasteiger partial charge in [-0.3, -0.25) is 4.79 Å². The second-order valence-corrected chi connectivity index (χ2v) is 10.8. The fourth-order valence-corrected chi connectivity index (χ4v) is 5.89. The van der Waals surface area contributed by atoms with Crippen molar-refractivity contribution in [2.75, 3.05) is 11.4 Å². The van der Waals surface area contributed by atoms with E-state index in [1.165, 1.54) is 23.0 Å². The van der Waals surface area contributed by atoms with Crippen LogP contribution in [0.15, 0.2) is 40.2 Å². The summed E-state index contributed by atoms with van der Waals surface area (Å²) < 4.78 is 0. The smallest absolute Gasteiger partial charge is 0.264 e. The summed E-state index contributed by atoms with van der Waals surface area (Å²) in [5, 5.41) is 4.68. The molecule has 1 N–H and O–H groups in total. The Labute approximate surface area is 204 Å². The van der Waals surface area contributed by atoms with Crippen molar-refractivity contribution < 1.29 is 4.79 Å². The van der Waals surface area contributed by atoms with E-state index in [2.05, 4.69) is 49.0 Å². The molecule has 2 aliphatic rings. The van der Waals surface area contributed by atoms with Gasteiger partial charge in [-0.15, -0.1) is 0 Å². The summed E-state index contributed by atoms with van der Waals surface area (Å²) in [4.78, 5) is 20.2. The predicted molar refractivity (Wildman–Crippen MR) is 139 cm³/mol. The van der Waals surface area contributed by atoms with Crippen molar-refractivity contribution in [3.63, 3.8) is 0 Å². The average Bonchev–Trinajstić information content (AvgIpc) is 3.05. The van der Waals surface area contributed by atoms with Crippen LogP contribution in [0.5, 0.6) is 0 Å². The predicted octanol–water partition coefficient (Wildman–Crippen LogP) is 7.31. The first-order valence-electron chi connectivity index (χ1n) is 10.8. The molecule has 2 aromatic rings. The first kappa shape index (κ1) is 23.2. The van der Waals surface area contributed by atoms with Crippen molar-refractivity contribution in [3.05, 3.63) is 62.0 Å². The Hall–Kier alpha value is -1.95. The van der Waals surface area contributed by atoms with Crippen LogP contribution in [0.25, 0.3) is 6.08 Å². The third kappa shape index (κ3) is 4.30. The second kappa shape index (κ2) is 8.77. The van der Waals surface area contributed by atoms with E-state index in [0.717, 1.165) is 29.8 Å². The minimum atomic E-state index is -0.174. The molecule has 32 heavy (non-hydrogen) atoms. The van der Waals surface area contributed by atoms with Crippen LogP contribution in [0.2, 0.25) is 10.0 Å². The molecule has 4 nitrogen and oxygen atoms in total. The summed E-state index contributed by atoms with van der Waals surface area (Å²) in [6.45, 7) is 11.8. The van der Waals surface area contributed by atoms with E-state index in [4.69, 9.17) is 23.2 Å². The van der Waals surface area contributed by atoms with Gasteiger partial charge in [-0.05, 0) is 98.8 Å². The number of hydrogen-bond donors (Lipinski definition) is 1. The van der Waals surface area contributed by atoms with E-state index in [1.807, 2.05) is 37.3 Å². The summed E-state index contributed by atoms with van der Waals surface area (Å²) in [7, 11) is 0. The van der Waals surface area contributed by atoms with Gasteiger partial charge in [0.25, 0.3) is 5.91 Å². The number of benzene rings is 2. The van der Waals surface area contributed by atoms with Crippen molar-refractivity contribution in [2.24, 2.45) is 4.99 Å². The minimum Gasteiger partial charge on any atom is -0.366 e. The lowest BCUT2D eigenvalue weighted by molar-refractivity contribution is -0.115. The summed E-state index contributed by atoms with van der Waals surface area (Å²) in [6.07, 6.45) is 2.93. The van der Waals surface area contributed by atoms with Crippen molar-refractivity contribution in [2.45, 2.75) is 52.5 Å². The Morgan fingerprint density at radius 2 is 2.03 bits per heavy atom. The number of hydrogen-bond acceptors (Lipinski definition) is 4. The van der Waals surface area contributed by atoms with E-state index in [9.17, 15) is 4.79 Å². The first-order valence-corrected chi connectivity index (χ1v) is 12.3. The number of carbonyl (C=O) groups is 1. The van der Waals surface area contributed by atoms with Crippen LogP contribution in [0, 0.1) is 6.92 Å². The maximum atomic E-state index is 12.6. The largest absolute Gasteiger partial charge is 0.366 e. The molecule has 1 saturated heterocycles. The number of nitrogens with zero attached hydrogens (tertiary/aromatic N) is 2. The van der Waals surface area contributed by atoms with Gasteiger partial charge in [-0.25, -0.2) is 4.99 Å².